The Morgan fingerprint density at radius 3 is 2.79 bits per heavy atom. The summed E-state index contributed by atoms with van der Waals surface area (Å²) in [6, 6.07) is 11.8. The number of para-hydroxylation sites is 2. The SMILES string of the molecule is Cc1ccc(C(=O)[O-])cc1NC(=O)CSc1nc2ccccc2o1. The summed E-state index contributed by atoms with van der Waals surface area (Å²) in [5, 5.41) is 14.0. The number of nitrogens with zero attached hydrogens (tertiary/aromatic N) is 1. The number of carbonyl (C=O) groups excluding carboxylic acids is 2. The molecule has 122 valence electrons. The van der Waals surface area contributed by atoms with E-state index in [1.165, 1.54) is 23.9 Å². The first-order chi connectivity index (χ1) is 11.5. The van der Waals surface area contributed by atoms with Gasteiger partial charge < -0.3 is 19.6 Å². The number of carbonyl (C=O) groups is 2. The highest BCUT2D eigenvalue weighted by atomic mass is 32.2. The Morgan fingerprint density at radius 1 is 1.25 bits per heavy atom. The van der Waals surface area contributed by atoms with Crippen LogP contribution >= 0.6 is 11.8 Å². The molecule has 0 aliphatic heterocycles. The van der Waals surface area contributed by atoms with Gasteiger partial charge in [0.2, 0.25) is 5.91 Å². The fraction of sp³-hybridized carbons (Fsp3) is 0.118. The van der Waals surface area contributed by atoms with Crippen molar-refractivity contribution in [3.63, 3.8) is 0 Å². The molecule has 1 amide bonds. The van der Waals surface area contributed by atoms with E-state index < -0.39 is 5.97 Å². The number of benzene rings is 2. The second-order valence-corrected chi connectivity index (χ2v) is 6.03. The van der Waals surface area contributed by atoms with Gasteiger partial charge in [-0.2, -0.15) is 0 Å². The van der Waals surface area contributed by atoms with Crippen molar-refractivity contribution in [2.24, 2.45) is 0 Å². The molecule has 0 spiro atoms. The maximum Gasteiger partial charge on any atom is 0.257 e. The molecule has 0 aliphatic rings. The molecule has 0 unspecified atom stereocenters. The number of aryl methyl sites for hydroxylation is 1. The van der Waals surface area contributed by atoms with E-state index in [0.29, 0.717) is 16.5 Å². The van der Waals surface area contributed by atoms with Gasteiger partial charge in [0.25, 0.3) is 5.22 Å². The molecule has 1 heterocycles. The number of oxazole rings is 1. The molecule has 0 fully saturated rings. The van der Waals surface area contributed by atoms with Gasteiger partial charge in [-0.15, -0.1) is 0 Å². The largest absolute Gasteiger partial charge is 0.545 e. The van der Waals surface area contributed by atoms with Gasteiger partial charge in [0.15, 0.2) is 5.58 Å². The zero-order valence-corrected chi connectivity index (χ0v) is 13.6. The lowest BCUT2D eigenvalue weighted by atomic mass is 10.1. The molecular weight excluding hydrogens is 328 g/mol. The second-order valence-electron chi connectivity index (χ2n) is 5.10. The normalized spacial score (nSPS) is 10.7. The fourth-order valence-corrected chi connectivity index (χ4v) is 2.75. The summed E-state index contributed by atoms with van der Waals surface area (Å²) in [6.45, 7) is 1.78. The lowest BCUT2D eigenvalue weighted by Gasteiger charge is -2.10. The van der Waals surface area contributed by atoms with Crippen LogP contribution < -0.4 is 10.4 Å². The number of aromatic nitrogens is 1. The maximum atomic E-state index is 12.1. The molecular formula is C17H13N2O4S-. The topological polar surface area (TPSA) is 95.3 Å². The quantitative estimate of drug-likeness (QED) is 0.715. The van der Waals surface area contributed by atoms with Gasteiger partial charge in [0, 0.05) is 5.69 Å². The Kier molecular flexibility index (Phi) is 4.52. The zero-order valence-electron chi connectivity index (χ0n) is 12.7. The standard InChI is InChI=1S/C17H14N2O4S/c1-10-6-7-11(16(21)22)8-13(10)18-15(20)9-24-17-19-12-4-2-3-5-14(12)23-17/h2-8H,9H2,1H3,(H,18,20)(H,21,22)/p-1. The fourth-order valence-electron chi connectivity index (χ4n) is 2.11. The van der Waals surface area contributed by atoms with Gasteiger partial charge in [0.1, 0.15) is 5.52 Å². The van der Waals surface area contributed by atoms with Crippen LogP contribution in [0.25, 0.3) is 11.1 Å². The molecule has 0 atom stereocenters. The molecule has 0 saturated heterocycles. The number of carboxylic acid groups (broad SMARTS) is 1. The first kappa shape index (κ1) is 16.1. The van der Waals surface area contributed by atoms with E-state index >= 15 is 0 Å². The van der Waals surface area contributed by atoms with Crippen LogP contribution in [0.2, 0.25) is 0 Å². The van der Waals surface area contributed by atoms with Crippen LogP contribution in [0.1, 0.15) is 15.9 Å². The van der Waals surface area contributed by atoms with Crippen molar-refractivity contribution in [2.45, 2.75) is 12.1 Å². The summed E-state index contributed by atoms with van der Waals surface area (Å²) in [5.74, 6) is -1.46. The predicted molar refractivity (Wildman–Crippen MR) is 88.9 cm³/mol. The highest BCUT2D eigenvalue weighted by Gasteiger charge is 2.10. The summed E-state index contributed by atoms with van der Waals surface area (Å²) in [7, 11) is 0. The highest BCUT2D eigenvalue weighted by Crippen LogP contribution is 2.23. The minimum Gasteiger partial charge on any atom is -0.545 e. The number of hydrogen-bond donors (Lipinski definition) is 1. The van der Waals surface area contributed by atoms with E-state index in [9.17, 15) is 14.7 Å². The molecule has 24 heavy (non-hydrogen) atoms. The summed E-state index contributed by atoms with van der Waals surface area (Å²) in [6.07, 6.45) is 0. The molecule has 1 N–H and O–H groups in total. The number of nitrogens with one attached hydrogen (secondary N) is 1. The third kappa shape index (κ3) is 3.57. The lowest BCUT2D eigenvalue weighted by molar-refractivity contribution is -0.255. The second kappa shape index (κ2) is 6.76. The molecule has 2 aromatic carbocycles. The van der Waals surface area contributed by atoms with Gasteiger partial charge in [-0.3, -0.25) is 4.79 Å². The van der Waals surface area contributed by atoms with E-state index in [1.54, 1.807) is 19.1 Å². The third-order valence-electron chi connectivity index (χ3n) is 3.35. The predicted octanol–water partition coefficient (Wildman–Crippen LogP) is 2.23. The summed E-state index contributed by atoms with van der Waals surface area (Å²) >= 11 is 1.17. The van der Waals surface area contributed by atoms with Crippen molar-refractivity contribution in [1.29, 1.82) is 0 Å². The van der Waals surface area contributed by atoms with Gasteiger partial charge in [-0.1, -0.05) is 36.0 Å². The van der Waals surface area contributed by atoms with Crippen LogP contribution in [0.4, 0.5) is 5.69 Å². The average Bonchev–Trinajstić information content (AvgIpc) is 2.97. The van der Waals surface area contributed by atoms with Gasteiger partial charge in [0.05, 0.1) is 11.7 Å². The molecule has 6 nitrogen and oxygen atoms in total. The third-order valence-corrected chi connectivity index (χ3v) is 4.18. The van der Waals surface area contributed by atoms with Crippen molar-refractivity contribution in [3.8, 4) is 0 Å². The van der Waals surface area contributed by atoms with Crippen LogP contribution in [-0.4, -0.2) is 22.6 Å². The van der Waals surface area contributed by atoms with Crippen molar-refractivity contribution in [2.75, 3.05) is 11.1 Å². The molecule has 7 heteroatoms. The molecule has 3 rings (SSSR count). The average molecular weight is 341 g/mol. The Balaban J connectivity index is 1.65. The lowest BCUT2D eigenvalue weighted by Crippen LogP contribution is -2.23. The minimum absolute atomic E-state index is 0.0162. The van der Waals surface area contributed by atoms with E-state index in [4.69, 9.17) is 4.42 Å². The molecule has 0 radical (unpaired) electrons. The maximum absolute atomic E-state index is 12.1. The van der Waals surface area contributed by atoms with Crippen molar-refractivity contribution in [1.82, 2.24) is 4.98 Å². The number of anilines is 1. The Hall–Kier alpha value is -2.80. The van der Waals surface area contributed by atoms with E-state index in [2.05, 4.69) is 10.3 Å². The van der Waals surface area contributed by atoms with Crippen LogP contribution in [0.5, 0.6) is 0 Å². The van der Waals surface area contributed by atoms with Crippen molar-refractivity contribution < 1.29 is 19.1 Å². The van der Waals surface area contributed by atoms with Crippen LogP contribution in [0.15, 0.2) is 52.1 Å². The number of carboxylic acids is 1. The number of thioether (sulfide) groups is 1. The first-order valence-corrected chi connectivity index (χ1v) is 8.12. The zero-order chi connectivity index (χ0) is 17.1. The summed E-state index contributed by atoms with van der Waals surface area (Å²) in [5.41, 5.74) is 2.62. The number of hydrogen-bond acceptors (Lipinski definition) is 6. The highest BCUT2D eigenvalue weighted by molar-refractivity contribution is 7.99. The summed E-state index contributed by atoms with van der Waals surface area (Å²) < 4.78 is 5.53. The minimum atomic E-state index is -1.29. The van der Waals surface area contributed by atoms with Crippen molar-refractivity contribution in [3.05, 3.63) is 53.6 Å². The van der Waals surface area contributed by atoms with Crippen molar-refractivity contribution >= 4 is 40.4 Å². The van der Waals surface area contributed by atoms with Crippen LogP contribution in [-0.2, 0) is 4.79 Å². The smallest absolute Gasteiger partial charge is 0.257 e. The Morgan fingerprint density at radius 2 is 2.04 bits per heavy atom. The molecule has 3 aromatic rings. The summed E-state index contributed by atoms with van der Waals surface area (Å²) in [4.78, 5) is 27.2. The molecule has 0 aliphatic carbocycles. The van der Waals surface area contributed by atoms with E-state index in [-0.39, 0.29) is 17.2 Å². The van der Waals surface area contributed by atoms with Gasteiger partial charge in [-0.05, 0) is 36.2 Å². The van der Waals surface area contributed by atoms with Crippen LogP contribution in [0, 0.1) is 6.92 Å². The molecule has 0 saturated carbocycles. The van der Waals surface area contributed by atoms with E-state index in [1.807, 2.05) is 18.2 Å². The Bertz CT molecular complexity index is 887. The molecule has 0 bridgehead atoms. The number of rotatable bonds is 5. The number of amides is 1. The molecule has 1 aromatic heterocycles. The number of fused-ring (bicyclic) bond motifs is 1. The Labute approximate surface area is 141 Å². The first-order valence-electron chi connectivity index (χ1n) is 7.13. The number of aromatic carboxylic acids is 1. The van der Waals surface area contributed by atoms with Gasteiger partial charge in [-0.25, -0.2) is 4.98 Å². The van der Waals surface area contributed by atoms with Crippen LogP contribution in [0.3, 0.4) is 0 Å². The van der Waals surface area contributed by atoms with E-state index in [0.717, 1.165) is 11.1 Å². The van der Waals surface area contributed by atoms with Gasteiger partial charge >= 0.3 is 0 Å². The monoisotopic (exact) mass is 341 g/mol.